The number of carbonyl (C=O) groups excluding carboxylic acids is 1. The summed E-state index contributed by atoms with van der Waals surface area (Å²) in [5.41, 5.74) is 2.58. The molecule has 142 valence electrons. The molecule has 3 aromatic rings. The van der Waals surface area contributed by atoms with Gasteiger partial charge in [0.2, 0.25) is 0 Å². The largest absolute Gasteiger partial charge is 0.396 e. The number of carbonyl (C=O) groups is 1. The summed E-state index contributed by atoms with van der Waals surface area (Å²) in [6.45, 7) is 2.93. The van der Waals surface area contributed by atoms with Crippen molar-refractivity contribution < 1.29 is 19.2 Å². The highest BCUT2D eigenvalue weighted by atomic mass is 16.5. The summed E-state index contributed by atoms with van der Waals surface area (Å²) in [7, 11) is 0. The maximum Gasteiger partial charge on any atom is 0.257 e. The van der Waals surface area contributed by atoms with Gasteiger partial charge in [0, 0.05) is 37.4 Å². The molecule has 0 radical (unpaired) electrons. The highest BCUT2D eigenvalue weighted by Gasteiger charge is 2.31. The molecular weight excluding hydrogens is 350 g/mol. The number of ether oxygens (including phenoxy) is 1. The molecule has 27 heavy (non-hydrogen) atoms. The molecule has 0 bridgehead atoms. The highest BCUT2D eigenvalue weighted by Crippen LogP contribution is 2.20. The quantitative estimate of drug-likeness (QED) is 0.650. The molecule has 0 saturated carbocycles. The number of aryl methyl sites for hydroxylation is 1. The zero-order chi connectivity index (χ0) is 18.8. The van der Waals surface area contributed by atoms with Gasteiger partial charge in [0.05, 0.1) is 31.1 Å². The number of nitrogens with zero attached hydrogens (tertiary/aromatic N) is 4. The molecular formula is C18H21N5O4. The van der Waals surface area contributed by atoms with E-state index in [1.165, 1.54) is 6.20 Å². The summed E-state index contributed by atoms with van der Waals surface area (Å²) < 4.78 is 12.4. The van der Waals surface area contributed by atoms with Crippen molar-refractivity contribution in [3.63, 3.8) is 0 Å². The predicted octanol–water partition coefficient (Wildman–Crippen LogP) is 0.548. The molecule has 1 aliphatic heterocycles. The van der Waals surface area contributed by atoms with Gasteiger partial charge in [-0.2, -0.15) is 5.10 Å². The Balaban J connectivity index is 1.47. The highest BCUT2D eigenvalue weighted by molar-refractivity contribution is 5.99. The fourth-order valence-corrected chi connectivity index (χ4v) is 3.31. The van der Waals surface area contributed by atoms with E-state index in [0.29, 0.717) is 37.3 Å². The van der Waals surface area contributed by atoms with E-state index < -0.39 is 0 Å². The van der Waals surface area contributed by atoms with Crippen LogP contribution in [0.4, 0.5) is 0 Å². The van der Waals surface area contributed by atoms with Crippen molar-refractivity contribution in [2.75, 3.05) is 19.8 Å². The van der Waals surface area contributed by atoms with E-state index in [9.17, 15) is 4.79 Å². The third-order valence-electron chi connectivity index (χ3n) is 4.71. The summed E-state index contributed by atoms with van der Waals surface area (Å²) in [6, 6.07) is 1.78. The van der Waals surface area contributed by atoms with Gasteiger partial charge < -0.3 is 19.7 Å². The SMILES string of the molecule is Cc1cc(C[C@@H]2COC[C@@H]2NC(=O)c2cnn3cc(CCO)cnc23)on1. The maximum atomic E-state index is 12.8. The van der Waals surface area contributed by atoms with E-state index >= 15 is 0 Å². The van der Waals surface area contributed by atoms with Crippen LogP contribution < -0.4 is 5.32 Å². The van der Waals surface area contributed by atoms with Gasteiger partial charge in [0.1, 0.15) is 11.3 Å². The molecule has 1 aliphatic rings. The monoisotopic (exact) mass is 371 g/mol. The fourth-order valence-electron chi connectivity index (χ4n) is 3.31. The Labute approximate surface area is 155 Å². The van der Waals surface area contributed by atoms with Crippen molar-refractivity contribution in [3.05, 3.63) is 47.2 Å². The summed E-state index contributed by atoms with van der Waals surface area (Å²) >= 11 is 0. The van der Waals surface area contributed by atoms with E-state index in [-0.39, 0.29) is 24.5 Å². The molecule has 2 N–H and O–H groups in total. The van der Waals surface area contributed by atoms with Crippen molar-refractivity contribution in [2.24, 2.45) is 5.92 Å². The number of fused-ring (bicyclic) bond motifs is 1. The van der Waals surface area contributed by atoms with Crippen LogP contribution >= 0.6 is 0 Å². The van der Waals surface area contributed by atoms with Crippen molar-refractivity contribution in [3.8, 4) is 0 Å². The minimum atomic E-state index is -0.235. The van der Waals surface area contributed by atoms with E-state index in [4.69, 9.17) is 14.4 Å². The van der Waals surface area contributed by atoms with Crippen molar-refractivity contribution in [1.29, 1.82) is 0 Å². The Bertz CT molecular complexity index is 950. The second-order valence-corrected chi connectivity index (χ2v) is 6.78. The van der Waals surface area contributed by atoms with Crippen LogP contribution in [0, 0.1) is 12.8 Å². The van der Waals surface area contributed by atoms with Crippen LogP contribution in [-0.4, -0.2) is 56.6 Å². The number of hydrogen-bond acceptors (Lipinski definition) is 7. The van der Waals surface area contributed by atoms with Crippen LogP contribution in [0.15, 0.2) is 29.2 Å². The number of nitrogens with one attached hydrogen (secondary N) is 1. The molecule has 0 unspecified atom stereocenters. The maximum absolute atomic E-state index is 12.8. The first-order chi connectivity index (χ1) is 13.1. The first kappa shape index (κ1) is 17.6. The molecule has 0 aromatic carbocycles. The van der Waals surface area contributed by atoms with E-state index in [1.54, 1.807) is 16.9 Å². The van der Waals surface area contributed by atoms with Gasteiger partial charge in [-0.15, -0.1) is 0 Å². The van der Waals surface area contributed by atoms with Crippen LogP contribution in [0.25, 0.3) is 5.65 Å². The fraction of sp³-hybridized carbons (Fsp3) is 0.444. The molecule has 4 rings (SSSR count). The van der Waals surface area contributed by atoms with E-state index in [2.05, 4.69) is 20.6 Å². The van der Waals surface area contributed by atoms with Gasteiger partial charge in [-0.05, 0) is 18.9 Å². The van der Waals surface area contributed by atoms with Gasteiger partial charge in [-0.1, -0.05) is 5.16 Å². The van der Waals surface area contributed by atoms with Crippen molar-refractivity contribution >= 4 is 11.6 Å². The Kier molecular flexibility index (Phi) is 4.87. The third-order valence-corrected chi connectivity index (χ3v) is 4.71. The zero-order valence-corrected chi connectivity index (χ0v) is 15.0. The molecule has 1 amide bonds. The summed E-state index contributed by atoms with van der Waals surface area (Å²) in [5, 5.41) is 20.2. The standard InChI is InChI=1S/C18H21N5O4/c1-11-4-14(27-22-11)5-13-9-26-10-16(13)21-18(25)15-7-20-23-8-12(2-3-24)6-19-17(15)23/h4,6-8,13,16,24H,2-3,5,9-10H2,1H3,(H,21,25)/t13-,16+/m1/s1. The molecule has 0 aliphatic carbocycles. The van der Waals surface area contributed by atoms with Crippen LogP contribution in [0.2, 0.25) is 0 Å². The van der Waals surface area contributed by atoms with Crippen LogP contribution in [-0.2, 0) is 17.6 Å². The first-order valence-electron chi connectivity index (χ1n) is 8.88. The molecule has 9 heteroatoms. The number of aromatic nitrogens is 4. The van der Waals surface area contributed by atoms with Gasteiger partial charge in [0.25, 0.3) is 5.91 Å². The average Bonchev–Trinajstić information content (AvgIpc) is 3.36. The lowest BCUT2D eigenvalue weighted by Crippen LogP contribution is -2.40. The Morgan fingerprint density at radius 2 is 2.30 bits per heavy atom. The van der Waals surface area contributed by atoms with Gasteiger partial charge >= 0.3 is 0 Å². The van der Waals surface area contributed by atoms with Gasteiger partial charge in [-0.3, -0.25) is 4.79 Å². The summed E-state index contributed by atoms with van der Waals surface area (Å²) in [5.74, 6) is 0.672. The Morgan fingerprint density at radius 3 is 3.07 bits per heavy atom. The topological polar surface area (TPSA) is 115 Å². The number of aliphatic hydroxyl groups is 1. The van der Waals surface area contributed by atoms with E-state index in [1.807, 2.05) is 13.0 Å². The summed E-state index contributed by atoms with van der Waals surface area (Å²) in [6.07, 6.45) is 6.07. The second kappa shape index (κ2) is 7.45. The number of hydrogen-bond donors (Lipinski definition) is 2. The molecule has 1 fully saturated rings. The van der Waals surface area contributed by atoms with Crippen LogP contribution in [0.5, 0.6) is 0 Å². The minimum Gasteiger partial charge on any atom is -0.396 e. The Morgan fingerprint density at radius 1 is 1.41 bits per heavy atom. The Hall–Kier alpha value is -2.78. The average molecular weight is 371 g/mol. The second-order valence-electron chi connectivity index (χ2n) is 6.78. The van der Waals surface area contributed by atoms with Crippen LogP contribution in [0.3, 0.4) is 0 Å². The smallest absolute Gasteiger partial charge is 0.257 e. The lowest BCUT2D eigenvalue weighted by Gasteiger charge is -2.17. The minimum absolute atomic E-state index is 0.0373. The van der Waals surface area contributed by atoms with Gasteiger partial charge in [-0.25, -0.2) is 9.50 Å². The molecule has 1 saturated heterocycles. The summed E-state index contributed by atoms with van der Waals surface area (Å²) in [4.78, 5) is 17.1. The van der Waals surface area contributed by atoms with Crippen LogP contribution in [0.1, 0.15) is 27.4 Å². The molecule has 0 spiro atoms. The lowest BCUT2D eigenvalue weighted by molar-refractivity contribution is 0.0926. The van der Waals surface area contributed by atoms with Gasteiger partial charge in [0.15, 0.2) is 5.65 Å². The lowest BCUT2D eigenvalue weighted by atomic mass is 9.98. The van der Waals surface area contributed by atoms with Crippen molar-refractivity contribution in [2.45, 2.75) is 25.8 Å². The number of amides is 1. The number of aliphatic hydroxyl groups excluding tert-OH is 1. The zero-order valence-electron chi connectivity index (χ0n) is 15.0. The molecule has 3 aromatic heterocycles. The van der Waals surface area contributed by atoms with E-state index in [0.717, 1.165) is 17.0 Å². The third kappa shape index (κ3) is 3.69. The predicted molar refractivity (Wildman–Crippen MR) is 94.3 cm³/mol. The molecule has 4 heterocycles. The molecule has 2 atom stereocenters. The normalized spacial score (nSPS) is 19.6. The molecule has 9 nitrogen and oxygen atoms in total. The van der Waals surface area contributed by atoms with Crippen molar-refractivity contribution in [1.82, 2.24) is 25.1 Å². The number of rotatable bonds is 6. The first-order valence-corrected chi connectivity index (χ1v) is 8.88.